The number of aryl methyl sites for hydroxylation is 1. The van der Waals surface area contributed by atoms with Crippen LogP contribution in [0, 0.1) is 12.7 Å². The molecule has 0 spiro atoms. The summed E-state index contributed by atoms with van der Waals surface area (Å²) in [4.78, 5) is 33.8. The van der Waals surface area contributed by atoms with Crippen LogP contribution in [0.4, 0.5) is 40.6 Å². The Balaban J connectivity index is 1.45. The second-order valence-electron chi connectivity index (χ2n) is 8.33. The van der Waals surface area contributed by atoms with Gasteiger partial charge in [0.2, 0.25) is 5.95 Å². The van der Waals surface area contributed by atoms with Crippen LogP contribution < -0.4 is 16.0 Å². The molecule has 4 aromatic rings. The first-order chi connectivity index (χ1) is 18.1. The molecule has 0 bridgehead atoms. The molecule has 0 aliphatic heterocycles. The van der Waals surface area contributed by atoms with Gasteiger partial charge in [0.1, 0.15) is 5.82 Å². The number of aromatic nitrogens is 2. The molecule has 1 aromatic heterocycles. The number of para-hydroxylation sites is 1. The van der Waals surface area contributed by atoms with E-state index in [0.29, 0.717) is 17.2 Å². The summed E-state index contributed by atoms with van der Waals surface area (Å²) in [7, 11) is 0. The lowest BCUT2D eigenvalue weighted by molar-refractivity contribution is -0.127. The molecule has 0 fully saturated rings. The van der Waals surface area contributed by atoms with Gasteiger partial charge in [-0.05, 0) is 54.4 Å². The maximum Gasteiger partial charge on any atom is 0.393 e. The van der Waals surface area contributed by atoms with Crippen molar-refractivity contribution in [2.24, 2.45) is 0 Å². The number of halogens is 4. The van der Waals surface area contributed by atoms with Gasteiger partial charge in [0, 0.05) is 16.9 Å². The van der Waals surface area contributed by atoms with Gasteiger partial charge in [0.05, 0.1) is 30.1 Å². The van der Waals surface area contributed by atoms with E-state index in [1.807, 2.05) is 30.3 Å². The van der Waals surface area contributed by atoms with Crippen LogP contribution in [0.25, 0.3) is 0 Å². The number of nitrogens with zero attached hydrogens (tertiary/aromatic N) is 2. The third-order valence-electron chi connectivity index (χ3n) is 5.36. The van der Waals surface area contributed by atoms with Gasteiger partial charge in [-0.2, -0.15) is 13.2 Å². The number of alkyl halides is 3. The Kier molecular flexibility index (Phi) is 7.66. The van der Waals surface area contributed by atoms with Crippen LogP contribution >= 0.6 is 0 Å². The smallest absolute Gasteiger partial charge is 0.324 e. The molecule has 0 saturated carbocycles. The van der Waals surface area contributed by atoms with Crippen molar-refractivity contribution >= 4 is 34.8 Å². The lowest BCUT2D eigenvalue weighted by Gasteiger charge is -2.12. The van der Waals surface area contributed by atoms with E-state index in [9.17, 15) is 27.2 Å². The molecule has 0 atom stereocenters. The quantitative estimate of drug-likeness (QED) is 0.248. The second-order valence-corrected chi connectivity index (χ2v) is 8.33. The van der Waals surface area contributed by atoms with Crippen LogP contribution in [0.2, 0.25) is 0 Å². The molecule has 3 N–H and O–H groups in total. The topological polar surface area (TPSA) is 96.0 Å². The largest absolute Gasteiger partial charge is 0.393 e. The van der Waals surface area contributed by atoms with Gasteiger partial charge in [-0.25, -0.2) is 14.4 Å². The molecule has 0 unspecified atom stereocenters. The van der Waals surface area contributed by atoms with Gasteiger partial charge >= 0.3 is 6.18 Å². The van der Waals surface area contributed by atoms with Gasteiger partial charge in [0.25, 0.3) is 11.8 Å². The van der Waals surface area contributed by atoms with E-state index in [0.717, 1.165) is 23.9 Å². The van der Waals surface area contributed by atoms with Crippen LogP contribution in [0.3, 0.4) is 0 Å². The first-order valence-electron chi connectivity index (χ1n) is 11.3. The van der Waals surface area contributed by atoms with E-state index in [1.54, 1.807) is 13.0 Å². The fraction of sp³-hybridized carbons (Fsp3) is 0.111. The third-order valence-corrected chi connectivity index (χ3v) is 5.36. The zero-order valence-electron chi connectivity index (χ0n) is 19.9. The number of anilines is 4. The summed E-state index contributed by atoms with van der Waals surface area (Å²) in [5.41, 5.74) is 1.28. The van der Waals surface area contributed by atoms with Gasteiger partial charge < -0.3 is 16.0 Å². The predicted octanol–water partition coefficient (Wildman–Crippen LogP) is 6.28. The fourth-order valence-electron chi connectivity index (χ4n) is 3.54. The molecule has 0 saturated heterocycles. The SMILES string of the molecule is Cc1ccc(NC(=O)c2cc(CC(F)(F)F)ccc2F)cc1C(=O)Nc1cnc(Nc2ccccc2)nc1. The summed E-state index contributed by atoms with van der Waals surface area (Å²) in [6.07, 6.45) is -2.95. The molecule has 2 amide bonds. The summed E-state index contributed by atoms with van der Waals surface area (Å²) in [6.45, 7) is 1.68. The predicted molar refractivity (Wildman–Crippen MR) is 135 cm³/mol. The van der Waals surface area contributed by atoms with Gasteiger partial charge in [-0.1, -0.05) is 30.3 Å². The van der Waals surface area contributed by atoms with E-state index in [-0.39, 0.29) is 16.8 Å². The Morgan fingerprint density at radius 2 is 1.45 bits per heavy atom. The normalized spacial score (nSPS) is 11.1. The number of carbonyl (C=O) groups is 2. The zero-order chi connectivity index (χ0) is 27.3. The number of nitrogens with one attached hydrogen (secondary N) is 3. The number of hydrogen-bond acceptors (Lipinski definition) is 5. The highest BCUT2D eigenvalue weighted by Gasteiger charge is 2.28. The standard InChI is InChI=1S/C27H21F4N5O2/c1-16-7-9-19(34-25(38)22-11-17(8-10-23(22)28)13-27(29,30)31)12-21(16)24(37)35-20-14-32-26(33-15-20)36-18-5-3-2-4-6-18/h2-12,14-15H,13H2,1H3,(H,34,38)(H,35,37)(H,32,33,36). The molecule has 3 aromatic carbocycles. The van der Waals surface area contributed by atoms with Gasteiger partial charge in [0.15, 0.2) is 0 Å². The summed E-state index contributed by atoms with van der Waals surface area (Å²) in [5.74, 6) is -2.09. The van der Waals surface area contributed by atoms with Gasteiger partial charge in [-0.3, -0.25) is 9.59 Å². The van der Waals surface area contributed by atoms with E-state index in [4.69, 9.17) is 0 Å². The molecule has 0 aliphatic carbocycles. The summed E-state index contributed by atoms with van der Waals surface area (Å²) in [6, 6.07) is 16.4. The van der Waals surface area contributed by atoms with Crippen molar-refractivity contribution in [3.8, 4) is 0 Å². The van der Waals surface area contributed by atoms with E-state index < -0.39 is 35.8 Å². The number of hydrogen-bond donors (Lipinski definition) is 3. The minimum absolute atomic E-state index is 0.157. The molecule has 11 heteroatoms. The average Bonchev–Trinajstić information content (AvgIpc) is 2.87. The average molecular weight is 523 g/mol. The molecule has 4 rings (SSSR count). The lowest BCUT2D eigenvalue weighted by atomic mass is 10.1. The lowest BCUT2D eigenvalue weighted by Crippen LogP contribution is -2.18. The van der Waals surface area contributed by atoms with Crippen molar-refractivity contribution in [2.75, 3.05) is 16.0 Å². The Morgan fingerprint density at radius 3 is 2.13 bits per heavy atom. The number of amides is 2. The van der Waals surface area contributed by atoms with Crippen molar-refractivity contribution in [3.05, 3.63) is 107 Å². The third kappa shape index (κ3) is 6.90. The van der Waals surface area contributed by atoms with Crippen LogP contribution in [0.15, 0.2) is 79.1 Å². The van der Waals surface area contributed by atoms with Crippen LogP contribution in [-0.2, 0) is 6.42 Å². The van der Waals surface area contributed by atoms with Crippen molar-refractivity contribution < 1.29 is 27.2 Å². The fourth-order valence-corrected chi connectivity index (χ4v) is 3.54. The summed E-state index contributed by atoms with van der Waals surface area (Å²) >= 11 is 0. The highest BCUT2D eigenvalue weighted by atomic mass is 19.4. The Labute approximate surface area is 215 Å². The minimum atomic E-state index is -4.51. The van der Waals surface area contributed by atoms with E-state index in [1.165, 1.54) is 24.5 Å². The van der Waals surface area contributed by atoms with Crippen LogP contribution in [0.1, 0.15) is 31.8 Å². The number of carbonyl (C=O) groups excluding carboxylic acids is 2. The second kappa shape index (κ2) is 11.1. The molecule has 1 heterocycles. The zero-order valence-corrected chi connectivity index (χ0v) is 19.9. The highest BCUT2D eigenvalue weighted by Crippen LogP contribution is 2.24. The maximum atomic E-state index is 14.2. The van der Waals surface area contributed by atoms with Crippen molar-refractivity contribution in [3.63, 3.8) is 0 Å². The summed E-state index contributed by atoms with van der Waals surface area (Å²) < 4.78 is 52.3. The Morgan fingerprint density at radius 1 is 0.789 bits per heavy atom. The van der Waals surface area contributed by atoms with E-state index in [2.05, 4.69) is 25.9 Å². The van der Waals surface area contributed by atoms with Gasteiger partial charge in [-0.15, -0.1) is 0 Å². The number of benzene rings is 3. The molecule has 7 nitrogen and oxygen atoms in total. The minimum Gasteiger partial charge on any atom is -0.324 e. The summed E-state index contributed by atoms with van der Waals surface area (Å²) in [5, 5.41) is 8.13. The molecule has 0 aliphatic rings. The molecule has 194 valence electrons. The maximum absolute atomic E-state index is 14.2. The highest BCUT2D eigenvalue weighted by molar-refractivity contribution is 6.08. The number of rotatable bonds is 7. The van der Waals surface area contributed by atoms with Crippen LogP contribution in [0.5, 0.6) is 0 Å². The Bertz CT molecular complexity index is 1460. The van der Waals surface area contributed by atoms with Crippen molar-refractivity contribution in [1.82, 2.24) is 9.97 Å². The molecular weight excluding hydrogens is 502 g/mol. The molecule has 0 radical (unpaired) electrons. The first-order valence-corrected chi connectivity index (χ1v) is 11.3. The van der Waals surface area contributed by atoms with E-state index >= 15 is 0 Å². The van der Waals surface area contributed by atoms with Crippen LogP contribution in [-0.4, -0.2) is 28.0 Å². The van der Waals surface area contributed by atoms with Crippen molar-refractivity contribution in [2.45, 2.75) is 19.5 Å². The Hall–Kier alpha value is -4.80. The molecule has 38 heavy (non-hydrogen) atoms. The van der Waals surface area contributed by atoms with Crippen molar-refractivity contribution in [1.29, 1.82) is 0 Å². The molecular formula is C27H21F4N5O2. The monoisotopic (exact) mass is 523 g/mol. The first kappa shape index (κ1) is 26.3.